The summed E-state index contributed by atoms with van der Waals surface area (Å²) < 4.78 is 1.72. The third kappa shape index (κ3) is 3.59. The molecular weight excluding hydrogens is 350 g/mol. The summed E-state index contributed by atoms with van der Waals surface area (Å²) in [6, 6.07) is 10.1. The van der Waals surface area contributed by atoms with Gasteiger partial charge in [-0.3, -0.25) is 4.79 Å². The van der Waals surface area contributed by atoms with Gasteiger partial charge >= 0.3 is 0 Å². The first-order valence-corrected chi connectivity index (χ1v) is 10.1. The molecule has 2 heterocycles. The quantitative estimate of drug-likeness (QED) is 0.673. The summed E-state index contributed by atoms with van der Waals surface area (Å²) >= 11 is 0. The summed E-state index contributed by atoms with van der Waals surface area (Å²) in [5.74, 6) is 0.526. The van der Waals surface area contributed by atoms with Crippen molar-refractivity contribution in [3.05, 3.63) is 47.8 Å². The molecule has 0 aliphatic heterocycles. The van der Waals surface area contributed by atoms with Gasteiger partial charge in [-0.15, -0.1) is 0 Å². The Morgan fingerprint density at radius 2 is 1.89 bits per heavy atom. The van der Waals surface area contributed by atoms with Gasteiger partial charge in [0.25, 0.3) is 0 Å². The van der Waals surface area contributed by atoms with E-state index >= 15 is 0 Å². The topological polar surface area (TPSA) is 63.1 Å². The number of benzene rings is 1. The van der Waals surface area contributed by atoms with Crippen molar-refractivity contribution in [3.63, 3.8) is 0 Å². The van der Waals surface area contributed by atoms with Crippen LogP contribution in [0.25, 0.3) is 11.0 Å². The molecule has 1 fully saturated rings. The first kappa shape index (κ1) is 18.5. The number of anilines is 2. The molecule has 3 aromatic rings. The molecule has 1 aromatic carbocycles. The highest BCUT2D eigenvalue weighted by atomic mass is 16.2. The lowest BCUT2D eigenvalue weighted by molar-refractivity contribution is -0.116. The van der Waals surface area contributed by atoms with Gasteiger partial charge in [-0.05, 0) is 75.4 Å². The summed E-state index contributed by atoms with van der Waals surface area (Å²) in [5, 5.41) is 8.67. The van der Waals surface area contributed by atoms with Gasteiger partial charge in [0, 0.05) is 36.0 Å². The second-order valence-corrected chi connectivity index (χ2v) is 7.38. The number of nitrogens with zero attached hydrogens (tertiary/aromatic N) is 4. The number of aryl methyl sites for hydroxylation is 1. The zero-order valence-corrected chi connectivity index (χ0v) is 16.8. The SMILES string of the molecule is CCN(CC)c1ccc(NC(=O)Cn2nc(C)c3c(C4CC4)ccnc32)cc1. The van der Waals surface area contributed by atoms with Gasteiger partial charge < -0.3 is 10.2 Å². The number of aromatic nitrogens is 3. The van der Waals surface area contributed by atoms with E-state index in [0.717, 1.165) is 41.2 Å². The van der Waals surface area contributed by atoms with Gasteiger partial charge in [0.15, 0.2) is 5.65 Å². The number of fused-ring (bicyclic) bond motifs is 1. The molecule has 6 heteroatoms. The second kappa shape index (κ2) is 7.62. The van der Waals surface area contributed by atoms with Crippen LogP contribution in [0.3, 0.4) is 0 Å². The predicted octanol–water partition coefficient (Wildman–Crippen LogP) is 4.10. The number of amides is 1. The molecule has 0 atom stereocenters. The third-order valence-electron chi connectivity index (χ3n) is 5.43. The van der Waals surface area contributed by atoms with Gasteiger partial charge in [-0.1, -0.05) is 0 Å². The lowest BCUT2D eigenvalue weighted by atomic mass is 10.1. The van der Waals surface area contributed by atoms with Gasteiger partial charge in [0.1, 0.15) is 6.54 Å². The normalized spacial score (nSPS) is 13.7. The number of carbonyl (C=O) groups is 1. The molecule has 0 spiro atoms. The maximum absolute atomic E-state index is 12.6. The largest absolute Gasteiger partial charge is 0.372 e. The summed E-state index contributed by atoms with van der Waals surface area (Å²) in [7, 11) is 0. The Labute approximate surface area is 165 Å². The van der Waals surface area contributed by atoms with E-state index in [1.54, 1.807) is 4.68 Å². The van der Waals surface area contributed by atoms with Crippen molar-refractivity contribution in [1.29, 1.82) is 0 Å². The smallest absolute Gasteiger partial charge is 0.246 e. The van der Waals surface area contributed by atoms with Crippen LogP contribution in [0.2, 0.25) is 0 Å². The minimum atomic E-state index is -0.0985. The lowest BCUT2D eigenvalue weighted by Crippen LogP contribution is -2.22. The Kier molecular flexibility index (Phi) is 5.03. The molecular formula is C22H27N5O. The molecule has 1 N–H and O–H groups in total. The molecule has 0 saturated heterocycles. The van der Waals surface area contributed by atoms with E-state index in [4.69, 9.17) is 0 Å². The fraction of sp³-hybridized carbons (Fsp3) is 0.409. The first-order valence-electron chi connectivity index (χ1n) is 10.1. The number of rotatable bonds is 7. The standard InChI is InChI=1S/C22H27N5O/c1-4-26(5-2)18-10-8-17(9-11-18)24-20(28)14-27-22-21(15(3)25-27)19(12-13-23-22)16-6-7-16/h8-13,16H,4-7,14H2,1-3H3,(H,24,28). The van der Waals surface area contributed by atoms with Crippen LogP contribution in [0.5, 0.6) is 0 Å². The molecule has 28 heavy (non-hydrogen) atoms. The maximum atomic E-state index is 12.6. The number of carbonyl (C=O) groups excluding carboxylic acids is 1. The van der Waals surface area contributed by atoms with Crippen LogP contribution in [0, 0.1) is 6.92 Å². The highest BCUT2D eigenvalue weighted by Gasteiger charge is 2.27. The summed E-state index contributed by atoms with van der Waals surface area (Å²) in [6.45, 7) is 8.35. The number of hydrogen-bond acceptors (Lipinski definition) is 4. The van der Waals surface area contributed by atoms with Crippen LogP contribution in [0.15, 0.2) is 36.5 Å². The van der Waals surface area contributed by atoms with Crippen LogP contribution >= 0.6 is 0 Å². The molecule has 146 valence electrons. The zero-order chi connectivity index (χ0) is 19.7. The zero-order valence-electron chi connectivity index (χ0n) is 16.8. The Balaban J connectivity index is 1.49. The Hall–Kier alpha value is -2.89. The second-order valence-electron chi connectivity index (χ2n) is 7.38. The first-order chi connectivity index (χ1) is 13.6. The third-order valence-corrected chi connectivity index (χ3v) is 5.43. The molecule has 0 radical (unpaired) electrons. The minimum absolute atomic E-state index is 0.0985. The Morgan fingerprint density at radius 3 is 2.54 bits per heavy atom. The highest BCUT2D eigenvalue weighted by molar-refractivity contribution is 5.92. The Morgan fingerprint density at radius 1 is 1.18 bits per heavy atom. The minimum Gasteiger partial charge on any atom is -0.372 e. The van der Waals surface area contributed by atoms with Crippen molar-refractivity contribution in [2.24, 2.45) is 0 Å². The van der Waals surface area contributed by atoms with E-state index in [9.17, 15) is 4.79 Å². The van der Waals surface area contributed by atoms with E-state index < -0.39 is 0 Å². The number of pyridine rings is 1. The average molecular weight is 377 g/mol. The lowest BCUT2D eigenvalue weighted by Gasteiger charge is -2.21. The monoisotopic (exact) mass is 377 g/mol. The molecule has 1 saturated carbocycles. The van der Waals surface area contributed by atoms with E-state index in [1.165, 1.54) is 18.4 Å². The number of nitrogens with one attached hydrogen (secondary N) is 1. The van der Waals surface area contributed by atoms with Crippen molar-refractivity contribution < 1.29 is 4.79 Å². The molecule has 0 unspecified atom stereocenters. The fourth-order valence-electron chi connectivity index (χ4n) is 3.84. The van der Waals surface area contributed by atoms with E-state index in [0.29, 0.717) is 5.92 Å². The predicted molar refractivity (Wildman–Crippen MR) is 113 cm³/mol. The van der Waals surface area contributed by atoms with Crippen LogP contribution in [-0.2, 0) is 11.3 Å². The van der Waals surface area contributed by atoms with Crippen molar-refractivity contribution in [2.75, 3.05) is 23.3 Å². The van der Waals surface area contributed by atoms with Crippen molar-refractivity contribution in [1.82, 2.24) is 14.8 Å². The van der Waals surface area contributed by atoms with Crippen molar-refractivity contribution in [3.8, 4) is 0 Å². The average Bonchev–Trinajstić information content (AvgIpc) is 3.49. The van der Waals surface area contributed by atoms with Gasteiger partial charge in [-0.25, -0.2) is 9.67 Å². The molecule has 1 aliphatic carbocycles. The highest BCUT2D eigenvalue weighted by Crippen LogP contribution is 2.43. The van der Waals surface area contributed by atoms with Crippen LogP contribution in [0.1, 0.15) is 43.9 Å². The molecule has 6 nitrogen and oxygen atoms in total. The fourth-order valence-corrected chi connectivity index (χ4v) is 3.84. The van der Waals surface area contributed by atoms with E-state index in [1.807, 2.05) is 37.4 Å². The van der Waals surface area contributed by atoms with E-state index in [2.05, 4.69) is 40.2 Å². The van der Waals surface area contributed by atoms with Gasteiger partial charge in [0.2, 0.25) is 5.91 Å². The van der Waals surface area contributed by atoms with E-state index in [-0.39, 0.29) is 12.5 Å². The van der Waals surface area contributed by atoms with Crippen molar-refractivity contribution in [2.45, 2.75) is 46.1 Å². The van der Waals surface area contributed by atoms with Crippen molar-refractivity contribution >= 4 is 28.3 Å². The van der Waals surface area contributed by atoms with Crippen LogP contribution < -0.4 is 10.2 Å². The van der Waals surface area contributed by atoms with Crippen LogP contribution in [0.4, 0.5) is 11.4 Å². The molecule has 4 rings (SSSR count). The van der Waals surface area contributed by atoms with Crippen LogP contribution in [-0.4, -0.2) is 33.8 Å². The Bertz CT molecular complexity index is 984. The van der Waals surface area contributed by atoms with Gasteiger partial charge in [-0.2, -0.15) is 5.10 Å². The summed E-state index contributed by atoms with van der Waals surface area (Å²) in [5.41, 5.74) is 5.02. The molecule has 1 aliphatic rings. The summed E-state index contributed by atoms with van der Waals surface area (Å²) in [6.07, 6.45) is 4.29. The number of hydrogen-bond donors (Lipinski definition) is 1. The van der Waals surface area contributed by atoms with Gasteiger partial charge in [0.05, 0.1) is 5.69 Å². The summed E-state index contributed by atoms with van der Waals surface area (Å²) in [4.78, 5) is 19.4. The molecule has 0 bridgehead atoms. The molecule has 1 amide bonds. The maximum Gasteiger partial charge on any atom is 0.246 e. The molecule has 2 aromatic heterocycles.